The summed E-state index contributed by atoms with van der Waals surface area (Å²) >= 11 is 6.22. The molecule has 0 bridgehead atoms. The van der Waals surface area contributed by atoms with Gasteiger partial charge in [-0.05, 0) is 48.0 Å². The Balaban J connectivity index is 1.85. The van der Waals surface area contributed by atoms with E-state index in [2.05, 4.69) is 0 Å². The van der Waals surface area contributed by atoms with E-state index >= 15 is 0 Å². The second kappa shape index (κ2) is 7.16. The van der Waals surface area contributed by atoms with Gasteiger partial charge in [0.2, 0.25) is 0 Å². The summed E-state index contributed by atoms with van der Waals surface area (Å²) in [7, 11) is 1.57. The van der Waals surface area contributed by atoms with Crippen molar-refractivity contribution in [2.24, 2.45) is 0 Å². The first-order valence-electron chi connectivity index (χ1n) is 7.21. The molecule has 1 fully saturated rings. The molecule has 0 N–H and O–H groups in total. The highest BCUT2D eigenvalue weighted by Crippen LogP contribution is 2.33. The number of hydrogen-bond donors (Lipinski definition) is 0. The van der Waals surface area contributed by atoms with Gasteiger partial charge in [0, 0.05) is 5.56 Å². The highest BCUT2D eigenvalue weighted by Gasteiger charge is 2.37. The lowest BCUT2D eigenvalue weighted by molar-refractivity contribution is -0.120. The number of thioether (sulfide) groups is 1. The second-order valence-corrected chi connectivity index (χ2v) is 6.78. The number of carbonyl (C=O) groups excluding carboxylic acids is 2. The van der Waals surface area contributed by atoms with Crippen LogP contribution in [0, 0.1) is 5.82 Å². The molecule has 2 aromatic carbocycles. The minimum Gasteiger partial charge on any atom is -0.497 e. The van der Waals surface area contributed by atoms with Crippen LogP contribution in [0.4, 0.5) is 4.39 Å². The summed E-state index contributed by atoms with van der Waals surface area (Å²) in [5, 5.41) is 0. The molecule has 0 radical (unpaired) electrons. The number of hydrogen-bond acceptors (Lipinski definition) is 5. The number of methoxy groups -OCH3 is 1. The Morgan fingerprint density at radius 1 is 1.16 bits per heavy atom. The van der Waals surface area contributed by atoms with Gasteiger partial charge in [0.25, 0.3) is 11.8 Å². The number of thiocarbonyl (C=S) groups is 1. The summed E-state index contributed by atoms with van der Waals surface area (Å²) < 4.78 is 18.2. The Morgan fingerprint density at radius 2 is 1.80 bits per heavy atom. The summed E-state index contributed by atoms with van der Waals surface area (Å²) in [4.78, 5) is 26.3. The first kappa shape index (κ1) is 17.3. The zero-order valence-electron chi connectivity index (χ0n) is 13.1. The molecule has 0 spiro atoms. The fraction of sp³-hybridized carbons (Fsp3) is 0.0556. The molecule has 0 aromatic heterocycles. The van der Waals surface area contributed by atoms with Crippen molar-refractivity contribution in [3.63, 3.8) is 0 Å². The van der Waals surface area contributed by atoms with Gasteiger partial charge in [0.15, 0.2) is 4.32 Å². The van der Waals surface area contributed by atoms with Crippen LogP contribution < -0.4 is 4.74 Å². The van der Waals surface area contributed by atoms with E-state index in [9.17, 15) is 14.0 Å². The molecule has 0 saturated carbocycles. The molecule has 1 heterocycles. The van der Waals surface area contributed by atoms with Gasteiger partial charge in [0.05, 0.1) is 12.0 Å². The van der Waals surface area contributed by atoms with Crippen LogP contribution >= 0.6 is 24.0 Å². The van der Waals surface area contributed by atoms with Crippen LogP contribution in [0.1, 0.15) is 15.9 Å². The smallest absolute Gasteiger partial charge is 0.273 e. The molecular formula is C18H12FNO3S2. The van der Waals surface area contributed by atoms with Crippen LogP contribution in [0.25, 0.3) is 6.08 Å². The van der Waals surface area contributed by atoms with Crippen molar-refractivity contribution in [1.82, 2.24) is 4.90 Å². The Kier molecular flexibility index (Phi) is 4.96. The Hall–Kier alpha value is -2.51. The van der Waals surface area contributed by atoms with Crippen molar-refractivity contribution in [2.45, 2.75) is 0 Å². The van der Waals surface area contributed by atoms with Crippen molar-refractivity contribution in [1.29, 1.82) is 0 Å². The summed E-state index contributed by atoms with van der Waals surface area (Å²) in [6, 6.07) is 12.1. The van der Waals surface area contributed by atoms with E-state index in [0.29, 0.717) is 10.7 Å². The number of imide groups is 1. The molecule has 0 atom stereocenters. The normalized spacial score (nSPS) is 15.8. The van der Waals surface area contributed by atoms with Crippen molar-refractivity contribution < 1.29 is 18.7 Å². The Labute approximate surface area is 153 Å². The molecule has 0 unspecified atom stereocenters. The zero-order valence-corrected chi connectivity index (χ0v) is 14.7. The fourth-order valence-corrected chi connectivity index (χ4v) is 3.47. The fourth-order valence-electron chi connectivity index (χ4n) is 2.22. The van der Waals surface area contributed by atoms with Crippen molar-refractivity contribution in [3.8, 4) is 5.75 Å². The maximum atomic E-state index is 13.0. The molecule has 126 valence electrons. The van der Waals surface area contributed by atoms with E-state index in [0.717, 1.165) is 34.4 Å². The first-order valence-corrected chi connectivity index (χ1v) is 8.44. The van der Waals surface area contributed by atoms with Gasteiger partial charge in [-0.3, -0.25) is 9.59 Å². The molecule has 3 rings (SSSR count). The topological polar surface area (TPSA) is 46.6 Å². The van der Waals surface area contributed by atoms with Crippen molar-refractivity contribution in [3.05, 3.63) is 70.4 Å². The molecule has 2 aromatic rings. The number of ether oxygens (including phenoxy) is 1. The monoisotopic (exact) mass is 373 g/mol. The molecule has 1 saturated heterocycles. The predicted octanol–water partition coefficient (Wildman–Crippen LogP) is 3.88. The minimum absolute atomic E-state index is 0.152. The summed E-state index contributed by atoms with van der Waals surface area (Å²) in [5.74, 6) is -0.807. The largest absolute Gasteiger partial charge is 0.497 e. The molecule has 2 amide bonds. The van der Waals surface area contributed by atoms with Gasteiger partial charge >= 0.3 is 0 Å². The highest BCUT2D eigenvalue weighted by molar-refractivity contribution is 8.26. The van der Waals surface area contributed by atoms with Crippen LogP contribution in [-0.2, 0) is 4.79 Å². The van der Waals surface area contributed by atoms with Gasteiger partial charge in [-0.1, -0.05) is 36.1 Å². The van der Waals surface area contributed by atoms with Crippen LogP contribution in [0.5, 0.6) is 5.75 Å². The maximum Gasteiger partial charge on any atom is 0.273 e. The molecule has 1 aliphatic rings. The lowest BCUT2D eigenvalue weighted by atomic mass is 10.2. The lowest BCUT2D eigenvalue weighted by Gasteiger charge is -2.12. The number of amides is 2. The maximum absolute atomic E-state index is 13.0. The number of rotatable bonds is 3. The molecule has 7 heteroatoms. The number of halogens is 1. The van der Waals surface area contributed by atoms with Gasteiger partial charge in [-0.25, -0.2) is 9.29 Å². The number of carbonyl (C=O) groups is 2. The zero-order chi connectivity index (χ0) is 18.0. The van der Waals surface area contributed by atoms with Gasteiger partial charge < -0.3 is 4.74 Å². The van der Waals surface area contributed by atoms with Gasteiger partial charge in [0.1, 0.15) is 11.6 Å². The third kappa shape index (κ3) is 3.62. The summed E-state index contributed by atoms with van der Waals surface area (Å²) in [6.07, 6.45) is 1.66. The van der Waals surface area contributed by atoms with Gasteiger partial charge in [-0.2, -0.15) is 0 Å². The van der Waals surface area contributed by atoms with Crippen LogP contribution in [-0.4, -0.2) is 28.1 Å². The number of benzene rings is 2. The van der Waals surface area contributed by atoms with E-state index in [-0.39, 0.29) is 9.88 Å². The molecule has 1 aliphatic heterocycles. The molecule has 0 aliphatic carbocycles. The standard InChI is InChI=1S/C18H12FNO3S2/c1-23-14-8-2-11(3-9-14)10-15-17(22)20(18(24)25-15)16(21)12-4-6-13(19)7-5-12/h2-10H,1H3/b15-10+. The summed E-state index contributed by atoms with van der Waals surface area (Å²) in [5.41, 5.74) is 0.985. The number of nitrogens with zero attached hydrogens (tertiary/aromatic N) is 1. The molecule has 25 heavy (non-hydrogen) atoms. The molecular weight excluding hydrogens is 361 g/mol. The average Bonchev–Trinajstić information content (AvgIpc) is 2.89. The van der Waals surface area contributed by atoms with E-state index < -0.39 is 17.6 Å². The predicted molar refractivity (Wildman–Crippen MR) is 98.7 cm³/mol. The van der Waals surface area contributed by atoms with E-state index in [4.69, 9.17) is 17.0 Å². The van der Waals surface area contributed by atoms with Crippen molar-refractivity contribution in [2.75, 3.05) is 7.11 Å². The third-order valence-electron chi connectivity index (χ3n) is 3.50. The third-order valence-corrected chi connectivity index (χ3v) is 4.80. The SMILES string of the molecule is COc1ccc(/C=C2/SC(=S)N(C(=O)c3ccc(F)cc3)C2=O)cc1. The highest BCUT2D eigenvalue weighted by atomic mass is 32.2. The average molecular weight is 373 g/mol. The van der Waals surface area contributed by atoms with E-state index in [1.54, 1.807) is 37.5 Å². The van der Waals surface area contributed by atoms with Crippen LogP contribution in [0.15, 0.2) is 53.4 Å². The minimum atomic E-state index is -0.569. The van der Waals surface area contributed by atoms with Crippen molar-refractivity contribution >= 4 is 46.2 Å². The quantitative estimate of drug-likeness (QED) is 0.464. The van der Waals surface area contributed by atoms with Gasteiger partial charge in [-0.15, -0.1) is 0 Å². The first-order chi connectivity index (χ1) is 12.0. The summed E-state index contributed by atoms with van der Waals surface area (Å²) in [6.45, 7) is 0. The Bertz CT molecular complexity index is 876. The van der Waals surface area contributed by atoms with E-state index in [1.165, 1.54) is 12.1 Å². The second-order valence-electron chi connectivity index (χ2n) is 5.10. The van der Waals surface area contributed by atoms with E-state index in [1.807, 2.05) is 0 Å². The lowest BCUT2D eigenvalue weighted by Crippen LogP contribution is -2.34. The molecule has 4 nitrogen and oxygen atoms in total. The van der Waals surface area contributed by atoms with Crippen LogP contribution in [0.3, 0.4) is 0 Å². The van der Waals surface area contributed by atoms with Crippen LogP contribution in [0.2, 0.25) is 0 Å². The Morgan fingerprint density at radius 3 is 2.40 bits per heavy atom.